The van der Waals surface area contributed by atoms with Crippen LogP contribution in [0.3, 0.4) is 0 Å². The zero-order valence-electron chi connectivity index (χ0n) is 16.8. The molecular formula is C23H29FN4O. The quantitative estimate of drug-likeness (QED) is 0.819. The van der Waals surface area contributed by atoms with Crippen molar-refractivity contribution >= 4 is 11.8 Å². The topological polar surface area (TPSA) is 48.5 Å². The van der Waals surface area contributed by atoms with E-state index in [1.54, 1.807) is 6.07 Å². The summed E-state index contributed by atoms with van der Waals surface area (Å²) in [6, 6.07) is 10.5. The first-order valence-electron chi connectivity index (χ1n) is 10.7. The average Bonchev–Trinajstić information content (AvgIpc) is 3.07. The number of hydrogen-bond acceptors (Lipinski definition) is 3. The highest BCUT2D eigenvalue weighted by Gasteiger charge is 2.30. The highest BCUT2D eigenvalue weighted by molar-refractivity contribution is 5.75. The number of amides is 2. The van der Waals surface area contributed by atoms with Crippen LogP contribution in [0, 0.1) is 5.82 Å². The van der Waals surface area contributed by atoms with E-state index in [2.05, 4.69) is 21.3 Å². The number of carbonyl (C=O) groups excluding carboxylic acids is 1. The van der Waals surface area contributed by atoms with E-state index in [-0.39, 0.29) is 17.9 Å². The summed E-state index contributed by atoms with van der Waals surface area (Å²) in [5.74, 6) is 0.741. The zero-order chi connectivity index (χ0) is 20.1. The summed E-state index contributed by atoms with van der Waals surface area (Å²) in [5, 5.41) is 3.04. The van der Waals surface area contributed by atoms with Gasteiger partial charge in [0, 0.05) is 32.4 Å². The monoisotopic (exact) mass is 396 g/mol. The second-order valence-corrected chi connectivity index (χ2v) is 7.99. The first kappa shape index (κ1) is 19.7. The number of carbonyl (C=O) groups is 1. The first-order chi connectivity index (χ1) is 14.2. The molecule has 0 bridgehead atoms. The Labute approximate surface area is 171 Å². The van der Waals surface area contributed by atoms with Crippen molar-refractivity contribution in [1.82, 2.24) is 15.2 Å². The van der Waals surface area contributed by atoms with Crippen LogP contribution in [0.25, 0.3) is 0 Å². The fourth-order valence-corrected chi connectivity index (χ4v) is 4.39. The Morgan fingerprint density at radius 2 is 1.90 bits per heavy atom. The van der Waals surface area contributed by atoms with Gasteiger partial charge in [-0.1, -0.05) is 25.0 Å². The highest BCUT2D eigenvalue weighted by Crippen LogP contribution is 2.32. The fraction of sp³-hybridized carbons (Fsp3) is 0.478. The summed E-state index contributed by atoms with van der Waals surface area (Å²) in [6.45, 7) is 3.26. The summed E-state index contributed by atoms with van der Waals surface area (Å²) >= 11 is 0. The predicted octanol–water partition coefficient (Wildman–Crippen LogP) is 4.65. The molecule has 1 unspecified atom stereocenters. The molecule has 2 aliphatic rings. The molecule has 4 rings (SSSR count). The van der Waals surface area contributed by atoms with Gasteiger partial charge in [0.25, 0.3) is 0 Å². The highest BCUT2D eigenvalue weighted by atomic mass is 19.1. The Hall–Kier alpha value is -2.63. The summed E-state index contributed by atoms with van der Waals surface area (Å²) in [4.78, 5) is 21.5. The number of anilines is 1. The number of benzene rings is 1. The second-order valence-electron chi connectivity index (χ2n) is 7.99. The third-order valence-electron chi connectivity index (χ3n) is 5.93. The van der Waals surface area contributed by atoms with Crippen LogP contribution in [-0.4, -0.2) is 35.5 Å². The van der Waals surface area contributed by atoms with E-state index in [0.29, 0.717) is 13.1 Å². The van der Waals surface area contributed by atoms with E-state index in [1.807, 2.05) is 23.2 Å². The normalized spacial score (nSPS) is 19.8. The molecule has 6 heteroatoms. The third kappa shape index (κ3) is 4.86. The number of nitrogens with zero attached hydrogens (tertiary/aromatic N) is 3. The van der Waals surface area contributed by atoms with E-state index in [1.165, 1.54) is 37.8 Å². The number of hydrogen-bond donors (Lipinski definition) is 1. The van der Waals surface area contributed by atoms with Crippen molar-refractivity contribution in [1.29, 1.82) is 0 Å². The first-order valence-corrected chi connectivity index (χ1v) is 10.7. The van der Waals surface area contributed by atoms with E-state index >= 15 is 0 Å². The van der Waals surface area contributed by atoms with Crippen LogP contribution >= 0.6 is 0 Å². The van der Waals surface area contributed by atoms with Crippen LogP contribution in [0.15, 0.2) is 42.6 Å². The van der Waals surface area contributed by atoms with Crippen molar-refractivity contribution in [2.24, 2.45) is 0 Å². The summed E-state index contributed by atoms with van der Waals surface area (Å²) < 4.78 is 13.6. The summed E-state index contributed by atoms with van der Waals surface area (Å²) in [5.41, 5.74) is 1.92. The van der Waals surface area contributed by atoms with Crippen molar-refractivity contribution < 1.29 is 9.18 Å². The van der Waals surface area contributed by atoms with Gasteiger partial charge in [0.15, 0.2) is 0 Å². The van der Waals surface area contributed by atoms with Gasteiger partial charge in [0.1, 0.15) is 11.6 Å². The van der Waals surface area contributed by atoms with Crippen LogP contribution in [0.2, 0.25) is 0 Å². The van der Waals surface area contributed by atoms with Crippen LogP contribution < -0.4 is 10.2 Å². The molecule has 1 aromatic heterocycles. The molecule has 5 nitrogen and oxygen atoms in total. The predicted molar refractivity (Wildman–Crippen MR) is 112 cm³/mol. The summed E-state index contributed by atoms with van der Waals surface area (Å²) in [6.07, 6.45) is 8.61. The van der Waals surface area contributed by atoms with Gasteiger partial charge in [-0.2, -0.15) is 0 Å². The lowest BCUT2D eigenvalue weighted by atomic mass is 10.0. The van der Waals surface area contributed by atoms with Crippen LogP contribution in [0.5, 0.6) is 0 Å². The van der Waals surface area contributed by atoms with Gasteiger partial charge >= 0.3 is 6.03 Å². The summed E-state index contributed by atoms with van der Waals surface area (Å²) in [7, 11) is 0. The SMILES string of the molecule is O=C(NCc1ccnc(N2CCCCCC2)c1)N1CCCC1c1cccc(F)c1. The molecule has 1 N–H and O–H groups in total. The maximum Gasteiger partial charge on any atom is 0.318 e. The van der Waals surface area contributed by atoms with Gasteiger partial charge in [-0.05, 0) is 61.1 Å². The van der Waals surface area contributed by atoms with Crippen molar-refractivity contribution in [3.63, 3.8) is 0 Å². The lowest BCUT2D eigenvalue weighted by Crippen LogP contribution is -2.39. The smallest absolute Gasteiger partial charge is 0.318 e. The Balaban J connectivity index is 1.38. The van der Waals surface area contributed by atoms with Gasteiger partial charge < -0.3 is 15.1 Å². The molecule has 0 radical (unpaired) electrons. The molecular weight excluding hydrogens is 367 g/mol. The largest absolute Gasteiger partial charge is 0.357 e. The van der Waals surface area contributed by atoms with Crippen molar-refractivity contribution in [3.05, 3.63) is 59.5 Å². The number of rotatable bonds is 4. The molecule has 2 aromatic rings. The van der Waals surface area contributed by atoms with Gasteiger partial charge in [0.05, 0.1) is 6.04 Å². The number of nitrogens with one attached hydrogen (secondary N) is 1. The molecule has 2 saturated heterocycles. The second kappa shape index (κ2) is 9.25. The molecule has 1 aromatic carbocycles. The molecule has 2 amide bonds. The maximum atomic E-state index is 13.6. The van der Waals surface area contributed by atoms with Gasteiger partial charge in [-0.15, -0.1) is 0 Å². The lowest BCUT2D eigenvalue weighted by Gasteiger charge is -2.26. The van der Waals surface area contributed by atoms with Gasteiger partial charge in [0.2, 0.25) is 0 Å². The molecule has 0 aliphatic carbocycles. The van der Waals surface area contributed by atoms with Gasteiger partial charge in [-0.25, -0.2) is 14.2 Å². The minimum Gasteiger partial charge on any atom is -0.357 e. The molecule has 3 heterocycles. The lowest BCUT2D eigenvalue weighted by molar-refractivity contribution is 0.192. The molecule has 2 fully saturated rings. The Bertz CT molecular complexity index is 835. The number of urea groups is 1. The van der Waals surface area contributed by atoms with Crippen molar-refractivity contribution in [2.45, 2.75) is 51.1 Å². The standard InChI is InChI=1S/C23H29FN4O/c24-20-8-5-7-19(16-20)21-9-6-14-28(21)23(29)26-17-18-10-11-25-22(15-18)27-12-3-1-2-4-13-27/h5,7-8,10-11,15-16,21H,1-4,6,9,12-14,17H2,(H,26,29). The van der Waals surface area contributed by atoms with Crippen LogP contribution in [0.1, 0.15) is 55.7 Å². The minimum atomic E-state index is -0.257. The number of likely N-dealkylation sites (tertiary alicyclic amines) is 1. The zero-order valence-corrected chi connectivity index (χ0v) is 16.8. The Kier molecular flexibility index (Phi) is 6.27. The minimum absolute atomic E-state index is 0.0594. The van der Waals surface area contributed by atoms with Crippen molar-refractivity contribution in [3.8, 4) is 0 Å². The third-order valence-corrected chi connectivity index (χ3v) is 5.93. The Morgan fingerprint density at radius 3 is 2.69 bits per heavy atom. The number of pyridine rings is 1. The molecule has 0 saturated carbocycles. The molecule has 0 spiro atoms. The fourth-order valence-electron chi connectivity index (χ4n) is 4.39. The molecule has 154 valence electrons. The molecule has 29 heavy (non-hydrogen) atoms. The number of halogens is 1. The van der Waals surface area contributed by atoms with E-state index in [9.17, 15) is 9.18 Å². The maximum absolute atomic E-state index is 13.6. The Morgan fingerprint density at radius 1 is 1.07 bits per heavy atom. The van der Waals surface area contributed by atoms with Gasteiger partial charge in [-0.3, -0.25) is 0 Å². The van der Waals surface area contributed by atoms with E-state index < -0.39 is 0 Å². The van der Waals surface area contributed by atoms with E-state index in [0.717, 1.165) is 42.9 Å². The molecule has 1 atom stereocenters. The van der Waals surface area contributed by atoms with E-state index in [4.69, 9.17) is 0 Å². The number of aromatic nitrogens is 1. The van der Waals surface area contributed by atoms with Crippen LogP contribution in [0.4, 0.5) is 15.0 Å². The molecule has 2 aliphatic heterocycles. The average molecular weight is 397 g/mol. The van der Waals surface area contributed by atoms with Crippen molar-refractivity contribution in [2.75, 3.05) is 24.5 Å². The van der Waals surface area contributed by atoms with Crippen LogP contribution in [-0.2, 0) is 6.54 Å².